The monoisotopic (exact) mass is 629 g/mol. The van der Waals surface area contributed by atoms with Crippen molar-refractivity contribution >= 4 is 45.7 Å². The van der Waals surface area contributed by atoms with Crippen LogP contribution in [0.15, 0.2) is 89.3 Å². The number of carbonyl (C=O) groups is 2. The van der Waals surface area contributed by atoms with E-state index in [1.165, 1.54) is 40.7 Å². The molecule has 226 valence electrons. The highest BCUT2D eigenvalue weighted by molar-refractivity contribution is 8.00. The Balaban J connectivity index is 1.57. The third kappa shape index (κ3) is 6.48. The van der Waals surface area contributed by atoms with Gasteiger partial charge in [-0.05, 0) is 61.4 Å². The third-order valence-electron chi connectivity index (χ3n) is 6.83. The molecule has 0 bridgehead atoms. The summed E-state index contributed by atoms with van der Waals surface area (Å²) in [7, 11) is 1.54. The van der Waals surface area contributed by atoms with Crippen molar-refractivity contribution in [3.8, 4) is 17.2 Å². The van der Waals surface area contributed by atoms with Crippen LogP contribution in [0.25, 0.3) is 5.76 Å². The smallest absolute Gasteiger partial charge is 0.301 e. The van der Waals surface area contributed by atoms with Crippen molar-refractivity contribution in [3.63, 3.8) is 0 Å². The molecule has 44 heavy (non-hydrogen) atoms. The molecule has 0 aliphatic carbocycles. The van der Waals surface area contributed by atoms with Crippen LogP contribution in [-0.2, 0) is 15.3 Å². The van der Waals surface area contributed by atoms with Gasteiger partial charge in [-0.2, -0.15) is 0 Å². The van der Waals surface area contributed by atoms with E-state index in [0.717, 1.165) is 5.56 Å². The van der Waals surface area contributed by atoms with Gasteiger partial charge in [-0.15, -0.1) is 10.2 Å². The number of hydrogen-bond donors (Lipinski definition) is 1. The van der Waals surface area contributed by atoms with Crippen molar-refractivity contribution in [2.24, 2.45) is 0 Å². The van der Waals surface area contributed by atoms with E-state index in [9.17, 15) is 14.7 Å². The van der Waals surface area contributed by atoms with Crippen molar-refractivity contribution in [1.82, 2.24) is 10.2 Å². The Labute approximate surface area is 263 Å². The number of anilines is 1. The first-order valence-electron chi connectivity index (χ1n) is 13.8. The van der Waals surface area contributed by atoms with Gasteiger partial charge in [-0.25, -0.2) is 0 Å². The van der Waals surface area contributed by atoms with E-state index in [-0.39, 0.29) is 23.1 Å². The number of amides is 1. The number of benzene rings is 3. The molecule has 1 fully saturated rings. The van der Waals surface area contributed by atoms with Gasteiger partial charge >= 0.3 is 5.91 Å². The van der Waals surface area contributed by atoms with Gasteiger partial charge in [-0.1, -0.05) is 71.6 Å². The molecule has 5 rings (SSSR count). The van der Waals surface area contributed by atoms with Gasteiger partial charge in [0.15, 0.2) is 15.8 Å². The fraction of sp³-hybridized carbons (Fsp3) is 0.212. The highest BCUT2D eigenvalue weighted by Gasteiger charge is 2.48. The maximum Gasteiger partial charge on any atom is 0.301 e. The minimum absolute atomic E-state index is 0.0774. The molecule has 1 N–H and O–H groups in total. The van der Waals surface area contributed by atoms with Gasteiger partial charge < -0.3 is 19.3 Å². The minimum atomic E-state index is -1.01. The molecule has 0 saturated carbocycles. The second kappa shape index (κ2) is 13.8. The number of aryl methyl sites for hydroxylation is 1. The number of ketones is 1. The van der Waals surface area contributed by atoms with Gasteiger partial charge in [0.2, 0.25) is 5.13 Å². The molecule has 0 spiro atoms. The molecule has 4 aromatic rings. The molecule has 3 aromatic carbocycles. The quantitative estimate of drug-likeness (QED) is 0.0455. The summed E-state index contributed by atoms with van der Waals surface area (Å²) in [6, 6.07) is 18.9. The first-order chi connectivity index (χ1) is 21.3. The van der Waals surface area contributed by atoms with Crippen LogP contribution >= 0.6 is 23.1 Å². The van der Waals surface area contributed by atoms with Crippen LogP contribution in [0.1, 0.15) is 35.2 Å². The van der Waals surface area contributed by atoms with Gasteiger partial charge in [0.05, 0.1) is 25.3 Å². The largest absolute Gasteiger partial charge is 0.507 e. The summed E-state index contributed by atoms with van der Waals surface area (Å²) < 4.78 is 17.5. The Morgan fingerprint density at radius 1 is 1.05 bits per heavy atom. The summed E-state index contributed by atoms with van der Waals surface area (Å²) in [5, 5.41) is 20.3. The highest BCUT2D eigenvalue weighted by atomic mass is 32.2. The Kier molecular flexibility index (Phi) is 9.66. The van der Waals surface area contributed by atoms with Crippen molar-refractivity contribution in [2.45, 2.75) is 30.0 Å². The van der Waals surface area contributed by atoms with E-state index >= 15 is 0 Å². The van der Waals surface area contributed by atoms with Gasteiger partial charge in [0.1, 0.15) is 18.1 Å². The van der Waals surface area contributed by atoms with Crippen molar-refractivity contribution in [2.75, 3.05) is 25.2 Å². The number of hydrogen-bond acceptors (Lipinski definition) is 10. The molecular weight excluding hydrogens is 599 g/mol. The zero-order chi connectivity index (χ0) is 31.2. The molecule has 9 nitrogen and oxygen atoms in total. The third-order valence-corrected chi connectivity index (χ3v) is 8.96. The fourth-order valence-electron chi connectivity index (χ4n) is 4.67. The average molecular weight is 630 g/mol. The number of methoxy groups -OCH3 is 1. The van der Waals surface area contributed by atoms with E-state index in [2.05, 4.69) is 28.9 Å². The Bertz CT molecular complexity index is 1700. The van der Waals surface area contributed by atoms with E-state index in [1.807, 2.05) is 26.0 Å². The second-order valence-electron chi connectivity index (χ2n) is 9.76. The molecule has 1 unspecified atom stereocenters. The topological polar surface area (TPSA) is 111 Å². The lowest BCUT2D eigenvalue weighted by Crippen LogP contribution is -2.29. The maximum atomic E-state index is 13.7. The lowest BCUT2D eigenvalue weighted by atomic mass is 9.95. The maximum absolute atomic E-state index is 13.7. The second-order valence-corrected chi connectivity index (χ2v) is 11.9. The molecule has 1 aliphatic heterocycles. The molecule has 1 amide bonds. The number of carbonyl (C=O) groups excluding carboxylic acids is 2. The lowest BCUT2D eigenvalue weighted by molar-refractivity contribution is -0.132. The van der Waals surface area contributed by atoms with Crippen LogP contribution in [0, 0.1) is 6.92 Å². The summed E-state index contributed by atoms with van der Waals surface area (Å²) >= 11 is 2.69. The van der Waals surface area contributed by atoms with Crippen LogP contribution < -0.4 is 19.1 Å². The first kappa shape index (κ1) is 30.8. The summed E-state index contributed by atoms with van der Waals surface area (Å²) in [6.07, 6.45) is 1.62. The minimum Gasteiger partial charge on any atom is -0.507 e. The Hall–Kier alpha value is -4.61. The molecule has 1 aliphatic rings. The summed E-state index contributed by atoms with van der Waals surface area (Å²) in [5.74, 6) is 0.181. The average Bonchev–Trinajstić information content (AvgIpc) is 3.61. The van der Waals surface area contributed by atoms with Crippen LogP contribution in [0.4, 0.5) is 5.13 Å². The summed E-state index contributed by atoms with van der Waals surface area (Å²) in [4.78, 5) is 28.6. The van der Waals surface area contributed by atoms with Crippen LogP contribution in [0.2, 0.25) is 0 Å². The number of aromatic nitrogens is 2. The molecule has 1 saturated heterocycles. The van der Waals surface area contributed by atoms with Crippen LogP contribution in [0.5, 0.6) is 17.2 Å². The number of aliphatic hydroxyl groups excluding tert-OH is 1. The zero-order valence-electron chi connectivity index (χ0n) is 24.5. The zero-order valence-corrected chi connectivity index (χ0v) is 26.1. The van der Waals surface area contributed by atoms with Gasteiger partial charge in [0.25, 0.3) is 5.78 Å². The number of rotatable bonds is 12. The predicted molar refractivity (Wildman–Crippen MR) is 172 cm³/mol. The lowest BCUT2D eigenvalue weighted by Gasteiger charge is -2.23. The summed E-state index contributed by atoms with van der Waals surface area (Å²) in [6.45, 7) is 8.20. The molecule has 11 heteroatoms. The predicted octanol–water partition coefficient (Wildman–Crippen LogP) is 6.74. The number of aliphatic hydroxyl groups is 1. The molecule has 1 atom stereocenters. The molecular formula is C33H31N3O6S2. The van der Waals surface area contributed by atoms with Crippen molar-refractivity contribution in [3.05, 3.63) is 107 Å². The highest BCUT2D eigenvalue weighted by Crippen LogP contribution is 2.45. The van der Waals surface area contributed by atoms with Gasteiger partial charge in [0, 0.05) is 11.3 Å². The SMILES string of the molecule is C=CCOc1ccc(C2C(=C(O)c3ccc(OC)cc3)C(=O)C(=O)N2c2nnc(SCc3ccc(C)cc3)s2)cc1OCC. The summed E-state index contributed by atoms with van der Waals surface area (Å²) in [5.41, 5.74) is 3.11. The standard InChI is InChI=1S/C33H31N3O6S2/c1-5-17-42-25-16-13-23(18-26(25)41-6-2)28-27(29(37)22-11-14-24(40-4)15-12-22)30(38)31(39)36(28)32-34-35-33(44-32)43-19-21-9-7-20(3)8-10-21/h5,7-16,18,28,37H,1,6,17,19H2,2-4H3. The van der Waals surface area contributed by atoms with Crippen molar-refractivity contribution in [1.29, 1.82) is 0 Å². The van der Waals surface area contributed by atoms with E-state index < -0.39 is 17.7 Å². The molecule has 0 radical (unpaired) electrons. The van der Waals surface area contributed by atoms with Crippen molar-refractivity contribution < 1.29 is 28.9 Å². The van der Waals surface area contributed by atoms with E-state index in [0.29, 0.717) is 45.1 Å². The van der Waals surface area contributed by atoms with Crippen LogP contribution in [0.3, 0.4) is 0 Å². The normalized spacial score (nSPS) is 15.8. The number of Topliss-reactive ketones (excluding diaryl/α,β-unsaturated/α-hetero) is 1. The fourth-order valence-corrected chi connectivity index (χ4v) is 6.49. The van der Waals surface area contributed by atoms with Crippen LogP contribution in [-0.4, -0.2) is 47.3 Å². The Morgan fingerprint density at radius 2 is 1.80 bits per heavy atom. The first-order valence-corrected chi connectivity index (χ1v) is 15.6. The number of thioether (sulfide) groups is 1. The molecule has 1 aromatic heterocycles. The van der Waals surface area contributed by atoms with Gasteiger partial charge in [-0.3, -0.25) is 14.5 Å². The number of nitrogens with zero attached hydrogens (tertiary/aromatic N) is 3. The van der Waals surface area contributed by atoms with E-state index in [1.54, 1.807) is 48.5 Å². The van der Waals surface area contributed by atoms with E-state index in [4.69, 9.17) is 14.2 Å². The number of ether oxygens (including phenoxy) is 3. The Morgan fingerprint density at radius 3 is 2.48 bits per heavy atom. The molecule has 2 heterocycles.